The van der Waals surface area contributed by atoms with Crippen LogP contribution in [0.5, 0.6) is 17.2 Å². The van der Waals surface area contributed by atoms with E-state index in [0.29, 0.717) is 53.3 Å². The standard InChI is InChI=1S/C33H28ClIN2O4/c1-3-39-31-18-25(17-30(35)32(31)41-21-24-6-4-5-22(2)15-24)16-26(19-36)33(38)37-28-11-13-29(14-12-28)40-20-23-7-9-27(34)10-8-23/h4-18H,3,20-21H2,1-2H3,(H,37,38)/b26-16+. The molecule has 0 saturated carbocycles. The topological polar surface area (TPSA) is 80.6 Å². The minimum absolute atomic E-state index is 0.0419. The Kier molecular flexibility index (Phi) is 10.7. The minimum atomic E-state index is -0.518. The van der Waals surface area contributed by atoms with Gasteiger partial charge in [0.15, 0.2) is 11.5 Å². The molecule has 0 atom stereocenters. The molecule has 0 unspecified atom stereocenters. The van der Waals surface area contributed by atoms with Gasteiger partial charge in [0, 0.05) is 10.7 Å². The molecular weight excluding hydrogens is 651 g/mol. The molecule has 4 rings (SSSR count). The summed E-state index contributed by atoms with van der Waals surface area (Å²) in [6, 6.07) is 28.1. The maximum absolute atomic E-state index is 12.9. The second-order valence-corrected chi connectivity index (χ2v) is 10.7. The van der Waals surface area contributed by atoms with E-state index in [-0.39, 0.29) is 5.57 Å². The van der Waals surface area contributed by atoms with E-state index < -0.39 is 5.91 Å². The van der Waals surface area contributed by atoms with Crippen molar-refractivity contribution in [2.24, 2.45) is 0 Å². The number of rotatable bonds is 11. The van der Waals surface area contributed by atoms with Crippen LogP contribution in [0.2, 0.25) is 5.02 Å². The number of hydrogen-bond acceptors (Lipinski definition) is 5. The molecule has 0 heterocycles. The van der Waals surface area contributed by atoms with Gasteiger partial charge in [-0.1, -0.05) is 53.6 Å². The number of anilines is 1. The summed E-state index contributed by atoms with van der Waals surface area (Å²) in [5.74, 6) is 1.30. The lowest BCUT2D eigenvalue weighted by Gasteiger charge is -2.15. The Hall–Kier alpha value is -4.00. The molecule has 0 aliphatic carbocycles. The predicted octanol–water partition coefficient (Wildman–Crippen LogP) is 8.36. The van der Waals surface area contributed by atoms with Crippen molar-refractivity contribution in [1.82, 2.24) is 0 Å². The van der Waals surface area contributed by atoms with Crippen molar-refractivity contribution in [3.8, 4) is 23.3 Å². The first kappa shape index (κ1) is 30.0. The Morgan fingerprint density at radius 2 is 1.68 bits per heavy atom. The van der Waals surface area contributed by atoms with Crippen molar-refractivity contribution >= 4 is 51.9 Å². The second-order valence-electron chi connectivity index (χ2n) is 9.10. The summed E-state index contributed by atoms with van der Waals surface area (Å²) in [6.07, 6.45) is 1.54. The Morgan fingerprint density at radius 1 is 0.951 bits per heavy atom. The molecule has 1 amide bonds. The van der Waals surface area contributed by atoms with Gasteiger partial charge in [0.25, 0.3) is 5.91 Å². The minimum Gasteiger partial charge on any atom is -0.490 e. The van der Waals surface area contributed by atoms with Gasteiger partial charge in [-0.25, -0.2) is 0 Å². The van der Waals surface area contributed by atoms with E-state index in [9.17, 15) is 10.1 Å². The molecule has 0 spiro atoms. The van der Waals surface area contributed by atoms with E-state index in [1.54, 1.807) is 30.3 Å². The Bertz CT molecular complexity index is 1580. The van der Waals surface area contributed by atoms with E-state index in [0.717, 1.165) is 20.3 Å². The third-order valence-electron chi connectivity index (χ3n) is 5.90. The first-order valence-corrected chi connectivity index (χ1v) is 14.4. The number of benzene rings is 4. The molecule has 0 bridgehead atoms. The number of halogens is 2. The number of aryl methyl sites for hydroxylation is 1. The maximum Gasteiger partial charge on any atom is 0.266 e. The van der Waals surface area contributed by atoms with Crippen LogP contribution in [-0.4, -0.2) is 12.5 Å². The molecule has 41 heavy (non-hydrogen) atoms. The van der Waals surface area contributed by atoms with Crippen molar-refractivity contribution in [3.05, 3.63) is 121 Å². The van der Waals surface area contributed by atoms with E-state index in [4.69, 9.17) is 25.8 Å². The first-order chi connectivity index (χ1) is 19.8. The number of nitrogens with zero attached hydrogens (tertiary/aromatic N) is 1. The summed E-state index contributed by atoms with van der Waals surface area (Å²) in [5.41, 5.74) is 4.35. The van der Waals surface area contributed by atoms with Gasteiger partial charge in [-0.05, 0) is 108 Å². The summed E-state index contributed by atoms with van der Waals surface area (Å²) in [4.78, 5) is 12.9. The average molecular weight is 679 g/mol. The molecule has 4 aromatic carbocycles. The van der Waals surface area contributed by atoms with Crippen LogP contribution in [0, 0.1) is 21.8 Å². The highest BCUT2D eigenvalue weighted by Gasteiger charge is 2.15. The van der Waals surface area contributed by atoms with Gasteiger partial charge in [0.05, 0.1) is 10.2 Å². The van der Waals surface area contributed by atoms with Crippen molar-refractivity contribution in [3.63, 3.8) is 0 Å². The fraction of sp³-hybridized carbons (Fsp3) is 0.152. The molecule has 6 nitrogen and oxygen atoms in total. The van der Waals surface area contributed by atoms with Crippen LogP contribution in [0.1, 0.15) is 29.2 Å². The van der Waals surface area contributed by atoms with Gasteiger partial charge in [0.2, 0.25) is 0 Å². The number of hydrogen-bond donors (Lipinski definition) is 1. The number of amides is 1. The molecule has 1 N–H and O–H groups in total. The Labute approximate surface area is 258 Å². The summed E-state index contributed by atoms with van der Waals surface area (Å²) in [7, 11) is 0. The predicted molar refractivity (Wildman–Crippen MR) is 170 cm³/mol. The smallest absolute Gasteiger partial charge is 0.266 e. The molecule has 0 radical (unpaired) electrons. The van der Waals surface area contributed by atoms with Gasteiger partial charge < -0.3 is 19.5 Å². The van der Waals surface area contributed by atoms with Gasteiger partial charge in [-0.2, -0.15) is 5.26 Å². The molecule has 0 aliphatic heterocycles. The quantitative estimate of drug-likeness (QED) is 0.0980. The summed E-state index contributed by atoms with van der Waals surface area (Å²) >= 11 is 8.10. The summed E-state index contributed by atoms with van der Waals surface area (Å²) in [6.45, 7) is 5.15. The van der Waals surface area contributed by atoms with Crippen molar-refractivity contribution in [2.45, 2.75) is 27.1 Å². The Balaban J connectivity index is 1.43. The highest BCUT2D eigenvalue weighted by molar-refractivity contribution is 14.1. The molecule has 4 aromatic rings. The lowest BCUT2D eigenvalue weighted by atomic mass is 10.1. The van der Waals surface area contributed by atoms with Crippen molar-refractivity contribution < 1.29 is 19.0 Å². The summed E-state index contributed by atoms with van der Waals surface area (Å²) < 4.78 is 18.6. The van der Waals surface area contributed by atoms with E-state index in [1.807, 2.05) is 68.4 Å². The van der Waals surface area contributed by atoms with Gasteiger partial charge in [-0.3, -0.25) is 4.79 Å². The SMILES string of the molecule is CCOc1cc(/C=C(\C#N)C(=O)Nc2ccc(OCc3ccc(Cl)cc3)cc2)cc(I)c1OCc1cccc(C)c1. The Morgan fingerprint density at radius 3 is 2.37 bits per heavy atom. The van der Waals surface area contributed by atoms with Crippen LogP contribution in [-0.2, 0) is 18.0 Å². The number of carbonyl (C=O) groups is 1. The molecule has 8 heteroatoms. The van der Waals surface area contributed by atoms with Gasteiger partial charge >= 0.3 is 0 Å². The number of nitrogens with one attached hydrogen (secondary N) is 1. The van der Waals surface area contributed by atoms with E-state index >= 15 is 0 Å². The average Bonchev–Trinajstić information content (AvgIpc) is 2.96. The van der Waals surface area contributed by atoms with Gasteiger partial charge in [0.1, 0.15) is 30.6 Å². The van der Waals surface area contributed by atoms with Crippen LogP contribution < -0.4 is 19.5 Å². The maximum atomic E-state index is 12.9. The fourth-order valence-corrected chi connectivity index (χ4v) is 4.83. The highest BCUT2D eigenvalue weighted by atomic mass is 127. The molecule has 0 fully saturated rings. The third-order valence-corrected chi connectivity index (χ3v) is 6.96. The fourth-order valence-electron chi connectivity index (χ4n) is 3.93. The number of nitriles is 1. The largest absolute Gasteiger partial charge is 0.490 e. The molecular formula is C33H28ClIN2O4. The van der Waals surface area contributed by atoms with Crippen LogP contribution in [0.4, 0.5) is 5.69 Å². The second kappa shape index (κ2) is 14.6. The van der Waals surface area contributed by atoms with Crippen LogP contribution in [0.3, 0.4) is 0 Å². The monoisotopic (exact) mass is 678 g/mol. The molecule has 0 saturated heterocycles. The molecule has 208 valence electrons. The normalized spacial score (nSPS) is 11.0. The van der Waals surface area contributed by atoms with Crippen LogP contribution >= 0.6 is 34.2 Å². The van der Waals surface area contributed by atoms with Gasteiger partial charge in [-0.15, -0.1) is 0 Å². The zero-order chi connectivity index (χ0) is 29.2. The van der Waals surface area contributed by atoms with Crippen molar-refractivity contribution in [1.29, 1.82) is 5.26 Å². The number of ether oxygens (including phenoxy) is 3. The van der Waals surface area contributed by atoms with Crippen molar-refractivity contribution in [2.75, 3.05) is 11.9 Å². The first-order valence-electron chi connectivity index (χ1n) is 12.9. The van der Waals surface area contributed by atoms with E-state index in [2.05, 4.69) is 34.0 Å². The van der Waals surface area contributed by atoms with E-state index in [1.165, 1.54) is 6.08 Å². The zero-order valence-electron chi connectivity index (χ0n) is 22.6. The number of carbonyl (C=O) groups excluding carboxylic acids is 1. The highest BCUT2D eigenvalue weighted by Crippen LogP contribution is 2.35. The lowest BCUT2D eigenvalue weighted by Crippen LogP contribution is -2.13. The van der Waals surface area contributed by atoms with Crippen LogP contribution in [0.15, 0.2) is 90.5 Å². The molecule has 0 aliphatic rings. The zero-order valence-corrected chi connectivity index (χ0v) is 25.5. The third kappa shape index (κ3) is 8.74. The lowest BCUT2D eigenvalue weighted by molar-refractivity contribution is -0.112. The summed E-state index contributed by atoms with van der Waals surface area (Å²) in [5, 5.41) is 13.2. The van der Waals surface area contributed by atoms with Crippen LogP contribution in [0.25, 0.3) is 6.08 Å². The molecule has 0 aromatic heterocycles.